The molecule has 1 atom stereocenters. The molecule has 1 heterocycles. The van der Waals surface area contributed by atoms with Gasteiger partial charge < -0.3 is 24.4 Å². The molecule has 3 rings (SSSR count). The van der Waals surface area contributed by atoms with Crippen molar-refractivity contribution in [3.63, 3.8) is 0 Å². The van der Waals surface area contributed by atoms with Crippen LogP contribution in [0.25, 0.3) is 0 Å². The lowest BCUT2D eigenvalue weighted by molar-refractivity contribution is -0.123. The number of hydrogen-bond donors (Lipinski definition) is 1. The fraction of sp³-hybridized carbons (Fsp3) is 0.417. The zero-order valence-corrected chi connectivity index (χ0v) is 18.3. The van der Waals surface area contributed by atoms with Crippen LogP contribution in [0.5, 0.6) is 5.75 Å². The molecule has 0 aromatic heterocycles. The Hall–Kier alpha value is -3.06. The van der Waals surface area contributed by atoms with Crippen molar-refractivity contribution >= 4 is 23.3 Å². The summed E-state index contributed by atoms with van der Waals surface area (Å²) in [4.78, 5) is 27.2. The van der Waals surface area contributed by atoms with Crippen molar-refractivity contribution in [2.75, 3.05) is 43.1 Å². The number of carbonyl (C=O) groups is 2. The van der Waals surface area contributed by atoms with E-state index in [0.717, 1.165) is 18.8 Å². The fourth-order valence-electron chi connectivity index (χ4n) is 3.08. The molecule has 1 fully saturated rings. The average molecular weight is 427 g/mol. The minimum absolute atomic E-state index is 0.343. The number of rotatable bonds is 8. The highest BCUT2D eigenvalue weighted by Crippen LogP contribution is 2.20. The van der Waals surface area contributed by atoms with Crippen LogP contribution in [0.15, 0.2) is 48.5 Å². The van der Waals surface area contributed by atoms with Gasteiger partial charge in [0.1, 0.15) is 5.75 Å². The Bertz CT molecular complexity index is 876. The number of nitrogens with one attached hydrogen (secondary N) is 1. The Morgan fingerprint density at radius 1 is 1.06 bits per heavy atom. The van der Waals surface area contributed by atoms with Crippen molar-refractivity contribution in [2.45, 2.75) is 26.9 Å². The van der Waals surface area contributed by atoms with Gasteiger partial charge in [-0.3, -0.25) is 4.79 Å². The molecule has 1 aliphatic rings. The largest absolute Gasteiger partial charge is 0.493 e. The van der Waals surface area contributed by atoms with E-state index in [0.29, 0.717) is 42.7 Å². The third kappa shape index (κ3) is 6.72. The van der Waals surface area contributed by atoms with E-state index in [-0.39, 0.29) is 5.91 Å². The predicted molar refractivity (Wildman–Crippen MR) is 120 cm³/mol. The molecule has 2 aromatic carbocycles. The standard InChI is InChI=1S/C24H30N2O5/c1-17(2)16-30-22-6-4-5-19(15-22)24(28)31-18(3)23(27)25-20-7-9-21(10-8-20)26-11-13-29-14-12-26/h4-10,15,17-18H,11-14,16H2,1-3H3,(H,25,27)/t18-/m1/s1. The molecule has 31 heavy (non-hydrogen) atoms. The van der Waals surface area contributed by atoms with Crippen molar-refractivity contribution in [3.8, 4) is 5.75 Å². The first kappa shape index (κ1) is 22.6. The van der Waals surface area contributed by atoms with Crippen LogP contribution in [0.4, 0.5) is 11.4 Å². The van der Waals surface area contributed by atoms with E-state index >= 15 is 0 Å². The third-order valence-electron chi connectivity index (χ3n) is 4.82. The maximum absolute atomic E-state index is 12.5. The third-order valence-corrected chi connectivity index (χ3v) is 4.82. The van der Waals surface area contributed by atoms with Crippen molar-refractivity contribution in [3.05, 3.63) is 54.1 Å². The van der Waals surface area contributed by atoms with Crippen molar-refractivity contribution in [1.29, 1.82) is 0 Å². The summed E-state index contributed by atoms with van der Waals surface area (Å²) in [6.45, 7) is 9.34. The summed E-state index contributed by atoms with van der Waals surface area (Å²) in [5, 5.41) is 2.79. The lowest BCUT2D eigenvalue weighted by atomic mass is 10.2. The molecule has 1 aliphatic heterocycles. The molecule has 0 unspecified atom stereocenters. The smallest absolute Gasteiger partial charge is 0.339 e. The summed E-state index contributed by atoms with van der Waals surface area (Å²) < 4.78 is 16.4. The minimum Gasteiger partial charge on any atom is -0.493 e. The molecule has 166 valence electrons. The molecule has 0 spiro atoms. The zero-order chi connectivity index (χ0) is 22.2. The van der Waals surface area contributed by atoms with Crippen LogP contribution in [0.3, 0.4) is 0 Å². The van der Waals surface area contributed by atoms with Gasteiger partial charge in [0.15, 0.2) is 6.10 Å². The van der Waals surface area contributed by atoms with E-state index in [4.69, 9.17) is 14.2 Å². The van der Waals surface area contributed by atoms with Gasteiger partial charge in [-0.25, -0.2) is 4.79 Å². The van der Waals surface area contributed by atoms with Gasteiger partial charge in [0.2, 0.25) is 0 Å². The highest BCUT2D eigenvalue weighted by Gasteiger charge is 2.20. The van der Waals surface area contributed by atoms with Crippen molar-refractivity contribution in [2.24, 2.45) is 5.92 Å². The molecule has 0 radical (unpaired) electrons. The number of carbonyl (C=O) groups excluding carboxylic acids is 2. The topological polar surface area (TPSA) is 77.1 Å². The summed E-state index contributed by atoms with van der Waals surface area (Å²) in [6, 6.07) is 14.4. The maximum atomic E-state index is 12.5. The quantitative estimate of drug-likeness (QED) is 0.648. The summed E-state index contributed by atoms with van der Waals surface area (Å²) in [5.74, 6) is 0.0165. The van der Waals surface area contributed by atoms with Crippen LogP contribution < -0.4 is 15.0 Å². The van der Waals surface area contributed by atoms with E-state index in [9.17, 15) is 9.59 Å². The van der Waals surface area contributed by atoms with Crippen LogP contribution in [-0.4, -0.2) is 50.9 Å². The number of esters is 1. The number of anilines is 2. The molecule has 1 N–H and O–H groups in total. The van der Waals surface area contributed by atoms with E-state index < -0.39 is 12.1 Å². The summed E-state index contributed by atoms with van der Waals surface area (Å²) in [7, 11) is 0. The molecular formula is C24H30N2O5. The van der Waals surface area contributed by atoms with Gasteiger partial charge in [-0.05, 0) is 55.3 Å². The van der Waals surface area contributed by atoms with E-state index in [2.05, 4.69) is 24.1 Å². The minimum atomic E-state index is -0.938. The lowest BCUT2D eigenvalue weighted by Crippen LogP contribution is -2.36. The summed E-state index contributed by atoms with van der Waals surface area (Å²) in [6.07, 6.45) is -0.938. The Labute approximate surface area is 183 Å². The van der Waals surface area contributed by atoms with Gasteiger partial charge in [0, 0.05) is 24.5 Å². The average Bonchev–Trinajstić information content (AvgIpc) is 2.79. The van der Waals surface area contributed by atoms with E-state index in [1.54, 1.807) is 31.2 Å². The number of morpholine rings is 1. The molecule has 7 heteroatoms. The molecule has 1 saturated heterocycles. The van der Waals surface area contributed by atoms with Crippen molar-refractivity contribution < 1.29 is 23.8 Å². The molecule has 2 aromatic rings. The van der Waals surface area contributed by atoms with Crippen LogP contribution in [0, 0.1) is 5.92 Å². The van der Waals surface area contributed by atoms with Gasteiger partial charge >= 0.3 is 5.97 Å². The molecule has 7 nitrogen and oxygen atoms in total. The van der Waals surface area contributed by atoms with E-state index in [1.807, 2.05) is 24.3 Å². The Morgan fingerprint density at radius 2 is 1.77 bits per heavy atom. The molecular weight excluding hydrogens is 396 g/mol. The predicted octanol–water partition coefficient (Wildman–Crippen LogP) is 3.74. The first-order valence-electron chi connectivity index (χ1n) is 10.6. The van der Waals surface area contributed by atoms with Gasteiger partial charge in [0.05, 0.1) is 25.4 Å². The first-order valence-corrected chi connectivity index (χ1v) is 10.6. The second-order valence-corrected chi connectivity index (χ2v) is 7.92. The number of benzene rings is 2. The van der Waals surface area contributed by atoms with E-state index in [1.165, 1.54) is 0 Å². The van der Waals surface area contributed by atoms with Gasteiger partial charge in [0.25, 0.3) is 5.91 Å². The second kappa shape index (κ2) is 10.8. The monoisotopic (exact) mass is 426 g/mol. The van der Waals surface area contributed by atoms with Gasteiger partial charge in [-0.1, -0.05) is 19.9 Å². The van der Waals surface area contributed by atoms with Gasteiger partial charge in [-0.15, -0.1) is 0 Å². The number of hydrogen-bond acceptors (Lipinski definition) is 6. The van der Waals surface area contributed by atoms with Crippen LogP contribution >= 0.6 is 0 Å². The SMILES string of the molecule is CC(C)COc1cccc(C(=O)O[C@H](C)C(=O)Nc2ccc(N3CCOCC3)cc2)c1. The fourth-order valence-corrected chi connectivity index (χ4v) is 3.08. The Balaban J connectivity index is 1.53. The van der Waals surface area contributed by atoms with Crippen molar-refractivity contribution in [1.82, 2.24) is 0 Å². The van der Waals surface area contributed by atoms with Crippen LogP contribution in [0.1, 0.15) is 31.1 Å². The van der Waals surface area contributed by atoms with Crippen LogP contribution in [0.2, 0.25) is 0 Å². The summed E-state index contributed by atoms with van der Waals surface area (Å²) >= 11 is 0. The normalized spacial score (nSPS) is 14.8. The zero-order valence-electron chi connectivity index (χ0n) is 18.3. The molecule has 0 saturated carbocycles. The summed E-state index contributed by atoms with van der Waals surface area (Å²) in [5.41, 5.74) is 2.07. The lowest BCUT2D eigenvalue weighted by Gasteiger charge is -2.28. The van der Waals surface area contributed by atoms with Gasteiger partial charge in [-0.2, -0.15) is 0 Å². The Kier molecular flexibility index (Phi) is 7.89. The van der Waals surface area contributed by atoms with Crippen LogP contribution in [-0.2, 0) is 14.3 Å². The Morgan fingerprint density at radius 3 is 2.45 bits per heavy atom. The maximum Gasteiger partial charge on any atom is 0.339 e. The highest BCUT2D eigenvalue weighted by atomic mass is 16.5. The molecule has 1 amide bonds. The highest BCUT2D eigenvalue weighted by molar-refractivity contribution is 5.97. The second-order valence-electron chi connectivity index (χ2n) is 7.92. The molecule has 0 bridgehead atoms. The number of amides is 1. The first-order chi connectivity index (χ1) is 14.9. The molecule has 0 aliphatic carbocycles. The number of ether oxygens (including phenoxy) is 3. The number of nitrogens with zero attached hydrogens (tertiary/aromatic N) is 1.